The predicted molar refractivity (Wildman–Crippen MR) is 103 cm³/mol. The highest BCUT2D eigenvalue weighted by atomic mass is 32.2. The minimum atomic E-state index is -3.59. The summed E-state index contributed by atoms with van der Waals surface area (Å²) < 4.78 is 32.9. The molecule has 3 aromatic rings. The number of nitrogens with zero attached hydrogens (tertiary/aromatic N) is 2. The van der Waals surface area contributed by atoms with E-state index in [1.807, 2.05) is 48.5 Å². The minimum absolute atomic E-state index is 0.0874. The zero-order chi connectivity index (χ0) is 18.9. The number of aliphatic hydroxyl groups excluding tert-OH is 1. The average molecular weight is 386 g/mol. The van der Waals surface area contributed by atoms with E-state index in [0.717, 1.165) is 17.4 Å². The van der Waals surface area contributed by atoms with Crippen LogP contribution in [0.2, 0.25) is 0 Å². The van der Waals surface area contributed by atoms with Crippen LogP contribution in [0.4, 0.5) is 0 Å². The smallest absolute Gasteiger partial charge is 0.220 e. The van der Waals surface area contributed by atoms with Gasteiger partial charge in [-0.15, -0.1) is 0 Å². The van der Waals surface area contributed by atoms with E-state index in [0.29, 0.717) is 24.2 Å². The summed E-state index contributed by atoms with van der Waals surface area (Å²) in [4.78, 5) is 0. The van der Waals surface area contributed by atoms with E-state index >= 15 is 0 Å². The third-order valence-electron chi connectivity index (χ3n) is 5.40. The van der Waals surface area contributed by atoms with Gasteiger partial charge in [0.05, 0.1) is 6.61 Å². The Kier molecular flexibility index (Phi) is 4.75. The number of piperidine rings is 1. The summed E-state index contributed by atoms with van der Waals surface area (Å²) in [5.41, 5.74) is 1.40. The maximum atomic E-state index is 13.1. The largest absolute Gasteiger partial charge is 0.395 e. The van der Waals surface area contributed by atoms with Gasteiger partial charge in [-0.05, 0) is 30.5 Å². The van der Waals surface area contributed by atoms with Crippen LogP contribution < -0.4 is 0 Å². The fourth-order valence-electron chi connectivity index (χ4n) is 3.88. The molecule has 1 atom stereocenters. The SMILES string of the molecule is O=S(=O)(Cc1noc2ccccc12)N1CCCC(CO)(c2ccccc2)C1. The number of fused-ring (bicyclic) bond motifs is 1. The molecular weight excluding hydrogens is 364 g/mol. The van der Waals surface area contributed by atoms with Crippen molar-refractivity contribution in [1.29, 1.82) is 0 Å². The van der Waals surface area contributed by atoms with Crippen molar-refractivity contribution in [3.05, 3.63) is 65.9 Å². The lowest BCUT2D eigenvalue weighted by Gasteiger charge is -2.41. The summed E-state index contributed by atoms with van der Waals surface area (Å²) in [5.74, 6) is -0.208. The fourth-order valence-corrected chi connectivity index (χ4v) is 5.47. The second-order valence-corrected chi connectivity index (χ2v) is 9.09. The van der Waals surface area contributed by atoms with Gasteiger partial charge in [0, 0.05) is 23.9 Å². The number of sulfonamides is 1. The number of rotatable bonds is 5. The molecular formula is C20H22N2O4S. The fraction of sp³-hybridized carbons (Fsp3) is 0.350. The monoisotopic (exact) mass is 386 g/mol. The summed E-state index contributed by atoms with van der Waals surface area (Å²) in [6.45, 7) is 0.633. The molecule has 6 nitrogen and oxygen atoms in total. The van der Waals surface area contributed by atoms with Crippen LogP contribution in [-0.4, -0.2) is 42.7 Å². The van der Waals surface area contributed by atoms with E-state index < -0.39 is 15.4 Å². The molecule has 1 aromatic heterocycles. The number of aromatic nitrogens is 1. The van der Waals surface area contributed by atoms with E-state index in [9.17, 15) is 13.5 Å². The molecule has 0 spiro atoms. The van der Waals surface area contributed by atoms with Gasteiger partial charge in [0.2, 0.25) is 10.0 Å². The molecule has 1 unspecified atom stereocenters. The van der Waals surface area contributed by atoms with E-state index in [-0.39, 0.29) is 18.9 Å². The quantitative estimate of drug-likeness (QED) is 0.729. The molecule has 0 radical (unpaired) electrons. The van der Waals surface area contributed by atoms with Crippen LogP contribution in [0.5, 0.6) is 0 Å². The Hall–Kier alpha value is -2.22. The maximum Gasteiger partial charge on any atom is 0.220 e. The van der Waals surface area contributed by atoms with E-state index in [4.69, 9.17) is 4.52 Å². The first-order valence-corrected chi connectivity index (χ1v) is 10.6. The molecule has 7 heteroatoms. The number of hydrogen-bond donors (Lipinski definition) is 1. The Balaban J connectivity index is 1.62. The molecule has 2 aromatic carbocycles. The lowest BCUT2D eigenvalue weighted by atomic mass is 9.75. The van der Waals surface area contributed by atoms with Crippen molar-refractivity contribution in [3.8, 4) is 0 Å². The second kappa shape index (κ2) is 7.07. The third-order valence-corrected chi connectivity index (χ3v) is 7.13. The molecule has 2 heterocycles. The number of hydrogen-bond acceptors (Lipinski definition) is 5. The predicted octanol–water partition coefficient (Wildman–Crippen LogP) is 2.68. The van der Waals surface area contributed by atoms with Crippen LogP contribution in [0.1, 0.15) is 24.1 Å². The highest BCUT2D eigenvalue weighted by molar-refractivity contribution is 7.88. The van der Waals surface area contributed by atoms with Crippen molar-refractivity contribution in [3.63, 3.8) is 0 Å². The lowest BCUT2D eigenvalue weighted by Crippen LogP contribution is -2.50. The number of aliphatic hydroxyl groups is 1. The molecule has 0 aliphatic carbocycles. The Labute approximate surface area is 158 Å². The summed E-state index contributed by atoms with van der Waals surface area (Å²) in [6, 6.07) is 16.9. The van der Waals surface area contributed by atoms with Gasteiger partial charge < -0.3 is 9.63 Å². The molecule has 27 heavy (non-hydrogen) atoms. The molecule has 1 N–H and O–H groups in total. The van der Waals surface area contributed by atoms with Crippen LogP contribution in [0.15, 0.2) is 59.1 Å². The Morgan fingerprint density at radius 3 is 2.63 bits per heavy atom. The topological polar surface area (TPSA) is 83.6 Å². The molecule has 142 valence electrons. The summed E-state index contributed by atoms with van der Waals surface area (Å²) in [6.07, 6.45) is 1.46. The molecule has 1 aliphatic heterocycles. The average Bonchev–Trinajstić information content (AvgIpc) is 3.11. The molecule has 4 rings (SSSR count). The summed E-state index contributed by atoms with van der Waals surface area (Å²) in [5, 5.41) is 14.8. The van der Waals surface area contributed by atoms with Crippen LogP contribution in [-0.2, 0) is 21.2 Å². The van der Waals surface area contributed by atoms with Crippen molar-refractivity contribution >= 4 is 21.0 Å². The molecule has 1 saturated heterocycles. The maximum absolute atomic E-state index is 13.1. The normalized spacial score (nSPS) is 21.5. The van der Waals surface area contributed by atoms with E-state index in [1.54, 1.807) is 6.07 Å². The first-order chi connectivity index (χ1) is 13.0. The third kappa shape index (κ3) is 3.38. The van der Waals surface area contributed by atoms with Crippen molar-refractivity contribution in [2.45, 2.75) is 24.0 Å². The van der Waals surface area contributed by atoms with Gasteiger partial charge in [0.25, 0.3) is 0 Å². The minimum Gasteiger partial charge on any atom is -0.395 e. The van der Waals surface area contributed by atoms with Crippen molar-refractivity contribution in [2.75, 3.05) is 19.7 Å². The van der Waals surface area contributed by atoms with Crippen molar-refractivity contribution in [2.24, 2.45) is 0 Å². The van der Waals surface area contributed by atoms with Crippen LogP contribution >= 0.6 is 0 Å². The Morgan fingerprint density at radius 2 is 1.85 bits per heavy atom. The first kappa shape index (κ1) is 18.2. The highest BCUT2D eigenvalue weighted by Crippen LogP contribution is 2.35. The van der Waals surface area contributed by atoms with Crippen LogP contribution in [0, 0.1) is 0 Å². The Bertz CT molecular complexity index is 1030. The number of para-hydroxylation sites is 1. The van der Waals surface area contributed by atoms with Gasteiger partial charge in [-0.25, -0.2) is 12.7 Å². The highest BCUT2D eigenvalue weighted by Gasteiger charge is 2.40. The summed E-state index contributed by atoms with van der Waals surface area (Å²) in [7, 11) is -3.59. The first-order valence-electron chi connectivity index (χ1n) is 9.02. The van der Waals surface area contributed by atoms with Crippen molar-refractivity contribution < 1.29 is 18.0 Å². The van der Waals surface area contributed by atoms with Crippen LogP contribution in [0.25, 0.3) is 11.0 Å². The Morgan fingerprint density at radius 1 is 1.11 bits per heavy atom. The van der Waals surface area contributed by atoms with E-state index in [2.05, 4.69) is 5.16 Å². The number of benzene rings is 2. The molecule has 0 amide bonds. The van der Waals surface area contributed by atoms with Gasteiger partial charge in [0.1, 0.15) is 11.4 Å². The molecule has 0 bridgehead atoms. The van der Waals surface area contributed by atoms with Gasteiger partial charge in [-0.1, -0.05) is 47.6 Å². The lowest BCUT2D eigenvalue weighted by molar-refractivity contribution is 0.129. The second-order valence-electron chi connectivity index (χ2n) is 7.12. The van der Waals surface area contributed by atoms with E-state index in [1.165, 1.54) is 4.31 Å². The molecule has 1 aliphatic rings. The summed E-state index contributed by atoms with van der Waals surface area (Å²) >= 11 is 0. The zero-order valence-corrected chi connectivity index (χ0v) is 15.7. The van der Waals surface area contributed by atoms with Crippen LogP contribution in [0.3, 0.4) is 0 Å². The van der Waals surface area contributed by atoms with Crippen molar-refractivity contribution in [1.82, 2.24) is 9.46 Å². The molecule has 1 fully saturated rings. The zero-order valence-electron chi connectivity index (χ0n) is 14.9. The van der Waals surface area contributed by atoms with Gasteiger partial charge in [-0.3, -0.25) is 0 Å². The van der Waals surface area contributed by atoms with Gasteiger partial charge in [0.15, 0.2) is 5.58 Å². The standard InChI is InChI=1S/C20H22N2O4S/c23-15-20(16-7-2-1-3-8-16)11-6-12-22(14-20)27(24,25)13-18-17-9-4-5-10-19(17)26-21-18/h1-5,7-10,23H,6,11-15H2. The molecule has 0 saturated carbocycles. The van der Waals surface area contributed by atoms with Gasteiger partial charge in [-0.2, -0.15) is 0 Å². The van der Waals surface area contributed by atoms with Gasteiger partial charge >= 0.3 is 0 Å².